The van der Waals surface area contributed by atoms with Crippen LogP contribution in [0.25, 0.3) is 0 Å². The maximum Gasteiger partial charge on any atom is 0.339 e. The summed E-state index contributed by atoms with van der Waals surface area (Å²) >= 11 is 0. The lowest BCUT2D eigenvalue weighted by atomic mass is 10.0. The normalized spacial score (nSPS) is 11.9. The molecule has 1 unspecified atom stereocenters. The Bertz CT molecular complexity index is 811. The summed E-state index contributed by atoms with van der Waals surface area (Å²) in [4.78, 5) is 35.8. The van der Waals surface area contributed by atoms with Crippen LogP contribution in [-0.4, -0.2) is 28.9 Å². The van der Waals surface area contributed by atoms with Gasteiger partial charge in [-0.15, -0.1) is 0 Å². The van der Waals surface area contributed by atoms with E-state index in [-0.39, 0.29) is 42.0 Å². The monoisotopic (exact) mass is 372 g/mol. The molecule has 7 heteroatoms. The van der Waals surface area contributed by atoms with Gasteiger partial charge in [-0.3, -0.25) is 9.59 Å². The molecule has 7 nitrogen and oxygen atoms in total. The molecule has 1 heterocycles. The minimum atomic E-state index is -1.08. The van der Waals surface area contributed by atoms with E-state index in [1.165, 1.54) is 6.07 Å². The van der Waals surface area contributed by atoms with Gasteiger partial charge in [0.1, 0.15) is 23.1 Å². The van der Waals surface area contributed by atoms with Gasteiger partial charge in [-0.25, -0.2) is 4.79 Å². The average Bonchev–Trinajstić information content (AvgIpc) is 2.99. The highest BCUT2D eigenvalue weighted by Gasteiger charge is 2.24. The first kappa shape index (κ1) is 20.2. The Balaban J connectivity index is 1.95. The molecule has 2 aromatic rings. The summed E-state index contributed by atoms with van der Waals surface area (Å²) in [5.41, 5.74) is 0.931. The van der Waals surface area contributed by atoms with Crippen LogP contribution in [0, 0.1) is 12.8 Å². The van der Waals surface area contributed by atoms with Crippen LogP contribution in [0.15, 0.2) is 40.8 Å². The van der Waals surface area contributed by atoms with Gasteiger partial charge < -0.3 is 20.2 Å². The third kappa shape index (κ3) is 5.70. The highest BCUT2D eigenvalue weighted by atomic mass is 16.4. The Morgan fingerprint density at radius 3 is 2.37 bits per heavy atom. The molecule has 1 aromatic carbocycles. The number of carboxylic acids is 1. The van der Waals surface area contributed by atoms with Crippen molar-refractivity contribution < 1.29 is 23.9 Å². The molecule has 0 saturated heterocycles. The molecule has 3 N–H and O–H groups in total. The van der Waals surface area contributed by atoms with Crippen molar-refractivity contribution in [1.29, 1.82) is 0 Å². The van der Waals surface area contributed by atoms with Gasteiger partial charge in [0.15, 0.2) is 0 Å². The van der Waals surface area contributed by atoms with Gasteiger partial charge in [0, 0.05) is 0 Å². The minimum absolute atomic E-state index is 0.0464. The Hall–Kier alpha value is -3.09. The van der Waals surface area contributed by atoms with Crippen molar-refractivity contribution in [2.24, 2.45) is 5.92 Å². The van der Waals surface area contributed by atoms with Gasteiger partial charge in [-0.05, 0) is 24.5 Å². The molecule has 0 fully saturated rings. The van der Waals surface area contributed by atoms with Crippen LogP contribution in [0.5, 0.6) is 0 Å². The number of aryl methyl sites for hydroxylation is 1. The van der Waals surface area contributed by atoms with E-state index in [2.05, 4.69) is 10.6 Å². The molecule has 0 aliphatic rings. The average molecular weight is 372 g/mol. The molecule has 2 rings (SSSR count). The Morgan fingerprint density at radius 1 is 1.15 bits per heavy atom. The van der Waals surface area contributed by atoms with Crippen molar-refractivity contribution in [3.63, 3.8) is 0 Å². The molecule has 0 bridgehead atoms. The first-order chi connectivity index (χ1) is 12.8. The highest BCUT2D eigenvalue weighted by molar-refractivity contribution is 5.89. The van der Waals surface area contributed by atoms with Gasteiger partial charge in [-0.2, -0.15) is 0 Å². The first-order valence-corrected chi connectivity index (χ1v) is 8.71. The van der Waals surface area contributed by atoms with Crippen molar-refractivity contribution in [1.82, 2.24) is 10.6 Å². The van der Waals surface area contributed by atoms with Crippen LogP contribution in [0.4, 0.5) is 0 Å². The van der Waals surface area contributed by atoms with Gasteiger partial charge in [0.25, 0.3) is 0 Å². The van der Waals surface area contributed by atoms with Crippen molar-refractivity contribution in [2.75, 3.05) is 0 Å². The number of aromatic carboxylic acids is 1. The SMILES string of the molecule is Cc1oc(CNC(=O)C(NC(=O)Cc2ccccc2)C(C)C)cc1C(=O)O. The van der Waals surface area contributed by atoms with Gasteiger partial charge in [-0.1, -0.05) is 44.2 Å². The fraction of sp³-hybridized carbons (Fsp3) is 0.350. The number of benzene rings is 1. The number of carbonyl (C=O) groups excluding carboxylic acids is 2. The van der Waals surface area contributed by atoms with Crippen LogP contribution in [0.3, 0.4) is 0 Å². The number of carboxylic acid groups (broad SMARTS) is 1. The lowest BCUT2D eigenvalue weighted by molar-refractivity contribution is -0.129. The number of rotatable bonds is 8. The van der Waals surface area contributed by atoms with E-state index in [4.69, 9.17) is 9.52 Å². The summed E-state index contributed by atoms with van der Waals surface area (Å²) in [5, 5.41) is 14.5. The molecule has 144 valence electrons. The van der Waals surface area contributed by atoms with E-state index in [1.54, 1.807) is 6.92 Å². The zero-order valence-corrected chi connectivity index (χ0v) is 15.6. The molecule has 0 aliphatic heterocycles. The Kier molecular flexibility index (Phi) is 6.76. The molecule has 2 amide bonds. The van der Waals surface area contributed by atoms with Crippen molar-refractivity contribution in [3.05, 3.63) is 59.0 Å². The molecule has 1 aromatic heterocycles. The fourth-order valence-electron chi connectivity index (χ4n) is 2.67. The lowest BCUT2D eigenvalue weighted by Gasteiger charge is -2.21. The van der Waals surface area contributed by atoms with Gasteiger partial charge >= 0.3 is 5.97 Å². The van der Waals surface area contributed by atoms with Crippen molar-refractivity contribution in [2.45, 2.75) is 39.8 Å². The van der Waals surface area contributed by atoms with Crippen LogP contribution in [0.1, 0.15) is 41.3 Å². The second kappa shape index (κ2) is 9.02. The third-order valence-electron chi connectivity index (χ3n) is 4.11. The molecule has 0 spiro atoms. The van der Waals surface area contributed by atoms with E-state index in [0.29, 0.717) is 5.76 Å². The number of hydrogen-bond acceptors (Lipinski definition) is 4. The lowest BCUT2D eigenvalue weighted by Crippen LogP contribution is -2.49. The largest absolute Gasteiger partial charge is 0.478 e. The summed E-state index contributed by atoms with van der Waals surface area (Å²) in [6.07, 6.45) is 0.191. The van der Waals surface area contributed by atoms with Crippen LogP contribution >= 0.6 is 0 Å². The third-order valence-corrected chi connectivity index (χ3v) is 4.11. The standard InChI is InChI=1S/C20H24N2O5/c1-12(2)18(22-17(23)9-14-7-5-4-6-8-14)19(24)21-11-15-10-16(20(25)26)13(3)27-15/h4-8,10,12,18H,9,11H2,1-3H3,(H,21,24)(H,22,23)(H,25,26). The smallest absolute Gasteiger partial charge is 0.339 e. The Morgan fingerprint density at radius 2 is 1.81 bits per heavy atom. The van der Waals surface area contributed by atoms with Gasteiger partial charge in [0.05, 0.1) is 13.0 Å². The quantitative estimate of drug-likeness (QED) is 0.659. The predicted octanol–water partition coefficient (Wildman–Crippen LogP) is 2.29. The minimum Gasteiger partial charge on any atom is -0.478 e. The van der Waals surface area contributed by atoms with E-state index >= 15 is 0 Å². The second-order valence-corrected chi connectivity index (χ2v) is 6.66. The number of hydrogen-bond donors (Lipinski definition) is 3. The first-order valence-electron chi connectivity index (χ1n) is 8.71. The molecule has 1 atom stereocenters. The number of amides is 2. The van der Waals surface area contributed by atoms with E-state index in [0.717, 1.165) is 5.56 Å². The molecule has 0 saturated carbocycles. The molecule has 27 heavy (non-hydrogen) atoms. The number of carbonyl (C=O) groups is 3. The van der Waals surface area contributed by atoms with E-state index in [1.807, 2.05) is 44.2 Å². The molecule has 0 aliphatic carbocycles. The highest BCUT2D eigenvalue weighted by Crippen LogP contribution is 2.14. The molecule has 0 radical (unpaired) electrons. The molecular weight excluding hydrogens is 348 g/mol. The van der Waals surface area contributed by atoms with Crippen molar-refractivity contribution >= 4 is 17.8 Å². The number of nitrogens with one attached hydrogen (secondary N) is 2. The van der Waals surface area contributed by atoms with Crippen LogP contribution in [-0.2, 0) is 22.6 Å². The Labute approximate surface area is 157 Å². The maximum atomic E-state index is 12.5. The zero-order valence-electron chi connectivity index (χ0n) is 15.6. The van der Waals surface area contributed by atoms with E-state index < -0.39 is 12.0 Å². The van der Waals surface area contributed by atoms with Crippen LogP contribution < -0.4 is 10.6 Å². The van der Waals surface area contributed by atoms with Crippen molar-refractivity contribution in [3.8, 4) is 0 Å². The summed E-state index contributed by atoms with van der Waals surface area (Å²) in [6, 6.07) is 9.97. The summed E-state index contributed by atoms with van der Waals surface area (Å²) in [5.74, 6) is -1.16. The summed E-state index contributed by atoms with van der Waals surface area (Å²) in [6.45, 7) is 5.28. The second-order valence-electron chi connectivity index (χ2n) is 6.66. The zero-order chi connectivity index (χ0) is 20.0. The molecular formula is C20H24N2O5. The summed E-state index contributed by atoms with van der Waals surface area (Å²) in [7, 11) is 0. The summed E-state index contributed by atoms with van der Waals surface area (Å²) < 4.78 is 5.34. The fourth-order valence-corrected chi connectivity index (χ4v) is 2.67. The predicted molar refractivity (Wildman–Crippen MR) is 99.2 cm³/mol. The topological polar surface area (TPSA) is 109 Å². The van der Waals surface area contributed by atoms with E-state index in [9.17, 15) is 14.4 Å². The van der Waals surface area contributed by atoms with Gasteiger partial charge in [0.2, 0.25) is 11.8 Å². The maximum absolute atomic E-state index is 12.5. The van der Waals surface area contributed by atoms with Crippen LogP contribution in [0.2, 0.25) is 0 Å². The number of furan rings is 1.